The second kappa shape index (κ2) is 6.72. The van der Waals surface area contributed by atoms with Crippen molar-refractivity contribution in [3.05, 3.63) is 59.4 Å². The van der Waals surface area contributed by atoms with Gasteiger partial charge in [-0.05, 0) is 36.6 Å². The monoisotopic (exact) mass is 307 g/mol. The zero-order valence-electron chi connectivity index (χ0n) is 10.9. The van der Waals surface area contributed by atoms with Crippen LogP contribution >= 0.6 is 24.0 Å². The average molecular weight is 307 g/mol. The van der Waals surface area contributed by atoms with E-state index >= 15 is 0 Å². The van der Waals surface area contributed by atoms with Crippen LogP contribution in [0.3, 0.4) is 0 Å². The van der Waals surface area contributed by atoms with Gasteiger partial charge in [0.2, 0.25) is 0 Å². The number of thioether (sulfide) groups is 1. The normalized spacial score (nSPS) is 10.3. The molecule has 2 N–H and O–H groups in total. The largest absolute Gasteiger partial charge is 0.489 e. The molecular weight excluding hydrogens is 293 g/mol. The minimum atomic E-state index is -0.416. The molecule has 0 aliphatic carbocycles. The number of halogens is 1. The number of thiocarbonyl (C=S) groups is 1. The van der Waals surface area contributed by atoms with Crippen LogP contribution in [0.25, 0.3) is 0 Å². The van der Waals surface area contributed by atoms with Gasteiger partial charge in [0.25, 0.3) is 0 Å². The highest BCUT2D eigenvalue weighted by atomic mass is 32.2. The quantitative estimate of drug-likeness (QED) is 0.674. The highest BCUT2D eigenvalue weighted by molar-refractivity contribution is 7.98. The van der Waals surface area contributed by atoms with E-state index in [9.17, 15) is 4.39 Å². The molecule has 2 nitrogen and oxygen atoms in total. The first-order valence-electron chi connectivity index (χ1n) is 5.96. The summed E-state index contributed by atoms with van der Waals surface area (Å²) >= 11 is 6.46. The van der Waals surface area contributed by atoms with Crippen molar-refractivity contribution < 1.29 is 9.13 Å². The Morgan fingerprint density at radius 3 is 2.55 bits per heavy atom. The highest BCUT2D eigenvalue weighted by Gasteiger charge is 2.10. The van der Waals surface area contributed by atoms with Gasteiger partial charge in [-0.2, -0.15) is 0 Å². The number of benzene rings is 2. The van der Waals surface area contributed by atoms with Gasteiger partial charge in [0, 0.05) is 16.0 Å². The van der Waals surface area contributed by atoms with E-state index in [1.54, 1.807) is 30.0 Å². The first-order valence-corrected chi connectivity index (χ1v) is 7.59. The fourth-order valence-corrected chi connectivity index (χ4v) is 2.28. The Labute approximate surface area is 127 Å². The fourth-order valence-electron chi connectivity index (χ4n) is 1.71. The third-order valence-electron chi connectivity index (χ3n) is 2.80. The zero-order valence-corrected chi connectivity index (χ0v) is 12.6. The fraction of sp³-hybridized carbons (Fsp3) is 0.133. The van der Waals surface area contributed by atoms with Crippen LogP contribution in [-0.2, 0) is 6.61 Å². The van der Waals surface area contributed by atoms with Crippen molar-refractivity contribution >= 4 is 29.0 Å². The molecule has 0 aromatic heterocycles. The Kier molecular flexibility index (Phi) is 4.98. The van der Waals surface area contributed by atoms with Crippen molar-refractivity contribution in [1.29, 1.82) is 0 Å². The number of rotatable bonds is 5. The van der Waals surface area contributed by atoms with Gasteiger partial charge in [0.15, 0.2) is 0 Å². The highest BCUT2D eigenvalue weighted by Crippen LogP contribution is 2.21. The van der Waals surface area contributed by atoms with Gasteiger partial charge in [-0.3, -0.25) is 0 Å². The van der Waals surface area contributed by atoms with E-state index in [4.69, 9.17) is 22.7 Å². The van der Waals surface area contributed by atoms with E-state index in [1.165, 1.54) is 0 Å². The zero-order chi connectivity index (χ0) is 14.5. The van der Waals surface area contributed by atoms with E-state index in [0.29, 0.717) is 11.3 Å². The summed E-state index contributed by atoms with van der Waals surface area (Å²) in [5.74, 6) is 0.281. The van der Waals surface area contributed by atoms with Crippen LogP contribution in [0.2, 0.25) is 0 Å². The molecule has 104 valence electrons. The molecule has 2 rings (SSSR count). The van der Waals surface area contributed by atoms with Crippen LogP contribution in [0.4, 0.5) is 4.39 Å². The second-order valence-electron chi connectivity index (χ2n) is 4.11. The molecule has 0 saturated carbocycles. The number of hydrogen-bond acceptors (Lipinski definition) is 3. The molecule has 0 amide bonds. The minimum Gasteiger partial charge on any atom is -0.489 e. The van der Waals surface area contributed by atoms with Crippen LogP contribution in [0, 0.1) is 5.82 Å². The molecule has 0 heterocycles. The molecule has 0 saturated heterocycles. The summed E-state index contributed by atoms with van der Waals surface area (Å²) in [6, 6.07) is 12.6. The number of hydrogen-bond donors (Lipinski definition) is 1. The van der Waals surface area contributed by atoms with Crippen molar-refractivity contribution in [1.82, 2.24) is 0 Å². The van der Waals surface area contributed by atoms with Gasteiger partial charge >= 0.3 is 0 Å². The van der Waals surface area contributed by atoms with E-state index in [2.05, 4.69) is 0 Å². The molecule has 0 unspecified atom stereocenters. The summed E-state index contributed by atoms with van der Waals surface area (Å²) in [6.07, 6.45) is 2.01. The van der Waals surface area contributed by atoms with Crippen LogP contribution in [0.1, 0.15) is 11.1 Å². The minimum absolute atomic E-state index is 0.0497. The standard InChI is InChI=1S/C15H14FNOS2/c1-20-12-7-5-11(6-8-12)18-9-10-3-2-4-13(14(10)16)15(17)19/h2-8H,9H2,1H3,(H2,17,19). The van der Waals surface area contributed by atoms with E-state index in [0.717, 1.165) is 4.90 Å². The molecule has 2 aromatic carbocycles. The van der Waals surface area contributed by atoms with E-state index < -0.39 is 5.82 Å². The molecule has 0 fully saturated rings. The van der Waals surface area contributed by atoms with Gasteiger partial charge in [0.05, 0.1) is 0 Å². The van der Waals surface area contributed by atoms with Crippen molar-refractivity contribution in [2.24, 2.45) is 5.73 Å². The maximum absolute atomic E-state index is 14.1. The summed E-state index contributed by atoms with van der Waals surface area (Å²) in [5, 5.41) is 0. The van der Waals surface area contributed by atoms with Gasteiger partial charge in [-0.25, -0.2) is 4.39 Å². The molecule has 0 aliphatic rings. The lowest BCUT2D eigenvalue weighted by Crippen LogP contribution is -2.13. The molecule has 0 radical (unpaired) electrons. The summed E-state index contributed by atoms with van der Waals surface area (Å²) in [7, 11) is 0. The predicted molar refractivity (Wildman–Crippen MR) is 84.8 cm³/mol. The number of nitrogens with two attached hydrogens (primary N) is 1. The van der Waals surface area contributed by atoms with Crippen molar-refractivity contribution in [2.45, 2.75) is 11.5 Å². The maximum Gasteiger partial charge on any atom is 0.139 e. The Hall–Kier alpha value is -1.59. The van der Waals surface area contributed by atoms with E-state index in [1.807, 2.05) is 30.5 Å². The molecule has 20 heavy (non-hydrogen) atoms. The Morgan fingerprint density at radius 2 is 1.95 bits per heavy atom. The first-order chi connectivity index (χ1) is 9.61. The molecule has 2 aromatic rings. The summed E-state index contributed by atoms with van der Waals surface area (Å²) in [6.45, 7) is 0.140. The molecule has 5 heteroatoms. The van der Waals surface area contributed by atoms with Crippen LogP contribution in [-0.4, -0.2) is 11.2 Å². The summed E-state index contributed by atoms with van der Waals surface area (Å²) in [5.41, 5.74) is 6.15. The lowest BCUT2D eigenvalue weighted by molar-refractivity contribution is 0.299. The van der Waals surface area contributed by atoms with Crippen LogP contribution in [0.5, 0.6) is 5.75 Å². The maximum atomic E-state index is 14.1. The van der Waals surface area contributed by atoms with Crippen molar-refractivity contribution in [3.8, 4) is 5.75 Å². The summed E-state index contributed by atoms with van der Waals surface area (Å²) in [4.78, 5) is 1.20. The molecule has 0 spiro atoms. The van der Waals surface area contributed by atoms with Gasteiger partial charge in [-0.1, -0.05) is 24.4 Å². The smallest absolute Gasteiger partial charge is 0.139 e. The lowest BCUT2D eigenvalue weighted by atomic mass is 10.1. The van der Waals surface area contributed by atoms with E-state index in [-0.39, 0.29) is 17.2 Å². The van der Waals surface area contributed by atoms with Crippen LogP contribution < -0.4 is 10.5 Å². The Morgan fingerprint density at radius 1 is 1.25 bits per heavy atom. The molecule has 0 aliphatic heterocycles. The Bertz CT molecular complexity index is 614. The topological polar surface area (TPSA) is 35.2 Å². The Balaban J connectivity index is 2.10. The van der Waals surface area contributed by atoms with Gasteiger partial charge < -0.3 is 10.5 Å². The van der Waals surface area contributed by atoms with Gasteiger partial charge in [0.1, 0.15) is 23.2 Å². The SMILES string of the molecule is CSc1ccc(OCc2cccc(C(N)=S)c2F)cc1. The third-order valence-corrected chi connectivity index (χ3v) is 3.76. The van der Waals surface area contributed by atoms with Crippen molar-refractivity contribution in [2.75, 3.05) is 6.26 Å². The number of ether oxygens (including phenoxy) is 1. The lowest BCUT2D eigenvalue weighted by Gasteiger charge is -2.09. The molecule has 0 bridgehead atoms. The molecular formula is C15H14FNOS2. The van der Waals surface area contributed by atoms with Crippen LogP contribution in [0.15, 0.2) is 47.4 Å². The molecule has 0 atom stereocenters. The van der Waals surface area contributed by atoms with Crippen molar-refractivity contribution in [3.63, 3.8) is 0 Å². The average Bonchev–Trinajstić information content (AvgIpc) is 2.46. The predicted octanol–water partition coefficient (Wildman–Crippen LogP) is 3.76. The summed E-state index contributed by atoms with van der Waals surface area (Å²) < 4.78 is 19.7. The first kappa shape index (κ1) is 14.8. The third kappa shape index (κ3) is 3.49. The van der Waals surface area contributed by atoms with Gasteiger partial charge in [-0.15, -0.1) is 11.8 Å². The second-order valence-corrected chi connectivity index (χ2v) is 5.43.